The number of para-hydroxylation sites is 1. The van der Waals surface area contributed by atoms with Crippen LogP contribution in [0.3, 0.4) is 0 Å². The summed E-state index contributed by atoms with van der Waals surface area (Å²) in [4.78, 5) is 6.75. The second kappa shape index (κ2) is 6.83. The first kappa shape index (κ1) is 14.2. The molecule has 1 aromatic rings. The van der Waals surface area contributed by atoms with Crippen LogP contribution in [0.2, 0.25) is 0 Å². The molecule has 1 aliphatic carbocycles. The van der Waals surface area contributed by atoms with Crippen molar-refractivity contribution >= 4 is 5.96 Å². The lowest BCUT2D eigenvalue weighted by Crippen LogP contribution is -2.40. The zero-order chi connectivity index (χ0) is 14.5. The number of ether oxygens (including phenoxy) is 1. The minimum absolute atomic E-state index is 0.600. The Hall–Kier alpha value is -1.71. The van der Waals surface area contributed by atoms with Gasteiger partial charge in [0, 0.05) is 18.7 Å². The summed E-state index contributed by atoms with van der Waals surface area (Å²) in [6.07, 6.45) is 6.36. The molecule has 0 spiro atoms. The largest absolute Gasteiger partial charge is 0.493 e. The summed E-state index contributed by atoms with van der Waals surface area (Å²) >= 11 is 0. The summed E-state index contributed by atoms with van der Waals surface area (Å²) in [5.74, 6) is 2.39. The van der Waals surface area contributed by atoms with Crippen LogP contribution in [-0.2, 0) is 6.54 Å². The van der Waals surface area contributed by atoms with Crippen molar-refractivity contribution in [1.29, 1.82) is 0 Å². The highest BCUT2D eigenvalue weighted by atomic mass is 16.5. The zero-order valence-electron chi connectivity index (χ0n) is 12.6. The molecule has 1 saturated carbocycles. The molecule has 21 heavy (non-hydrogen) atoms. The molecule has 1 aromatic carbocycles. The lowest BCUT2D eigenvalue weighted by Gasteiger charge is -2.27. The highest BCUT2D eigenvalue weighted by molar-refractivity contribution is 5.78. The van der Waals surface area contributed by atoms with Gasteiger partial charge in [-0.05, 0) is 44.1 Å². The predicted molar refractivity (Wildman–Crippen MR) is 85.4 cm³/mol. The van der Waals surface area contributed by atoms with Crippen molar-refractivity contribution in [3.63, 3.8) is 0 Å². The van der Waals surface area contributed by atoms with E-state index in [1.165, 1.54) is 32.1 Å². The molecule has 0 bridgehead atoms. The molecule has 0 atom stereocenters. The second-order valence-electron chi connectivity index (χ2n) is 6.08. The Bertz CT molecular complexity index is 491. The van der Waals surface area contributed by atoms with E-state index in [-0.39, 0.29) is 0 Å². The van der Waals surface area contributed by atoms with Crippen LogP contribution in [0.25, 0.3) is 0 Å². The van der Waals surface area contributed by atoms with E-state index >= 15 is 0 Å². The molecular weight excluding hydrogens is 262 g/mol. The molecule has 4 nitrogen and oxygen atoms in total. The van der Waals surface area contributed by atoms with Gasteiger partial charge in [0.15, 0.2) is 5.96 Å². The molecule has 1 heterocycles. The van der Waals surface area contributed by atoms with Crippen molar-refractivity contribution in [3.8, 4) is 5.75 Å². The van der Waals surface area contributed by atoms with Gasteiger partial charge in [0.1, 0.15) is 5.75 Å². The van der Waals surface area contributed by atoms with E-state index < -0.39 is 0 Å². The minimum atomic E-state index is 0.600. The van der Waals surface area contributed by atoms with Crippen LogP contribution in [0.1, 0.15) is 37.7 Å². The second-order valence-corrected chi connectivity index (χ2v) is 6.08. The summed E-state index contributed by atoms with van der Waals surface area (Å²) in [5.41, 5.74) is 7.24. The van der Waals surface area contributed by atoms with Crippen molar-refractivity contribution < 1.29 is 4.74 Å². The Kier molecular flexibility index (Phi) is 4.63. The van der Waals surface area contributed by atoms with E-state index in [0.717, 1.165) is 36.9 Å². The normalized spacial score (nSPS) is 19.6. The van der Waals surface area contributed by atoms with E-state index in [1.807, 2.05) is 18.2 Å². The third-order valence-electron chi connectivity index (χ3n) is 4.24. The molecule has 0 radical (unpaired) electrons. The van der Waals surface area contributed by atoms with Crippen LogP contribution in [-0.4, -0.2) is 30.6 Å². The number of likely N-dealkylation sites (tertiary alicyclic amines) is 1. The molecule has 4 heteroatoms. The Morgan fingerprint density at radius 3 is 2.71 bits per heavy atom. The molecule has 0 aromatic heterocycles. The molecule has 1 aliphatic heterocycles. The minimum Gasteiger partial charge on any atom is -0.493 e. The standard InChI is InChI=1S/C17H25N3O/c18-17(20-10-4-1-5-11-20)19-12-15-6-2-3-7-16(15)21-13-14-8-9-14/h2-3,6-7,14H,1,4-5,8-13H2,(H2,18,19). The van der Waals surface area contributed by atoms with E-state index in [4.69, 9.17) is 10.5 Å². The van der Waals surface area contributed by atoms with Gasteiger partial charge in [-0.1, -0.05) is 18.2 Å². The number of hydrogen-bond acceptors (Lipinski definition) is 2. The fourth-order valence-electron chi connectivity index (χ4n) is 2.66. The Morgan fingerprint density at radius 1 is 1.19 bits per heavy atom. The molecule has 3 rings (SSSR count). The number of hydrogen-bond donors (Lipinski definition) is 1. The third-order valence-corrected chi connectivity index (χ3v) is 4.24. The summed E-state index contributed by atoms with van der Waals surface area (Å²) < 4.78 is 5.92. The summed E-state index contributed by atoms with van der Waals surface area (Å²) in [6.45, 7) is 3.51. The first-order valence-corrected chi connectivity index (χ1v) is 8.08. The van der Waals surface area contributed by atoms with Crippen LogP contribution in [0.5, 0.6) is 5.75 Å². The molecule has 0 unspecified atom stereocenters. The number of benzene rings is 1. The molecular formula is C17H25N3O. The Labute approximate surface area is 127 Å². The van der Waals surface area contributed by atoms with Gasteiger partial charge in [0.05, 0.1) is 13.2 Å². The van der Waals surface area contributed by atoms with Crippen LogP contribution < -0.4 is 10.5 Å². The summed E-state index contributed by atoms with van der Waals surface area (Å²) in [5, 5.41) is 0. The van der Waals surface area contributed by atoms with Gasteiger partial charge in [0.25, 0.3) is 0 Å². The molecule has 2 aliphatic rings. The third kappa shape index (κ3) is 4.13. The number of nitrogens with two attached hydrogens (primary N) is 1. The van der Waals surface area contributed by atoms with Crippen LogP contribution in [0, 0.1) is 5.92 Å². The van der Waals surface area contributed by atoms with Crippen molar-refractivity contribution in [3.05, 3.63) is 29.8 Å². The smallest absolute Gasteiger partial charge is 0.191 e. The summed E-state index contributed by atoms with van der Waals surface area (Å²) in [6, 6.07) is 8.16. The van der Waals surface area contributed by atoms with Crippen molar-refractivity contribution in [2.75, 3.05) is 19.7 Å². The zero-order valence-corrected chi connectivity index (χ0v) is 12.6. The number of aliphatic imine (C=N–C) groups is 1. The van der Waals surface area contributed by atoms with Gasteiger partial charge in [-0.15, -0.1) is 0 Å². The number of nitrogens with zero attached hydrogens (tertiary/aromatic N) is 2. The number of guanidine groups is 1. The number of piperidine rings is 1. The fourth-order valence-corrected chi connectivity index (χ4v) is 2.66. The van der Waals surface area contributed by atoms with E-state index in [0.29, 0.717) is 12.5 Å². The van der Waals surface area contributed by atoms with Gasteiger partial charge >= 0.3 is 0 Å². The highest BCUT2D eigenvalue weighted by Gasteiger charge is 2.22. The van der Waals surface area contributed by atoms with Crippen LogP contribution in [0.4, 0.5) is 0 Å². The summed E-state index contributed by atoms with van der Waals surface area (Å²) in [7, 11) is 0. The molecule has 2 N–H and O–H groups in total. The van der Waals surface area contributed by atoms with Gasteiger partial charge in [0.2, 0.25) is 0 Å². The molecule has 1 saturated heterocycles. The predicted octanol–water partition coefficient (Wildman–Crippen LogP) is 2.78. The topological polar surface area (TPSA) is 50.9 Å². The maximum atomic E-state index is 6.11. The van der Waals surface area contributed by atoms with Gasteiger partial charge < -0.3 is 15.4 Å². The van der Waals surface area contributed by atoms with Gasteiger partial charge in [-0.25, -0.2) is 4.99 Å². The molecule has 2 fully saturated rings. The van der Waals surface area contributed by atoms with Crippen LogP contribution in [0.15, 0.2) is 29.3 Å². The molecule has 0 amide bonds. The SMILES string of the molecule is NC(=NCc1ccccc1OCC1CC1)N1CCCCC1. The maximum absolute atomic E-state index is 6.11. The first-order valence-electron chi connectivity index (χ1n) is 8.08. The average molecular weight is 287 g/mol. The van der Waals surface area contributed by atoms with Gasteiger partial charge in [-0.3, -0.25) is 0 Å². The van der Waals surface area contributed by atoms with E-state index in [1.54, 1.807) is 0 Å². The Morgan fingerprint density at radius 2 is 1.95 bits per heavy atom. The van der Waals surface area contributed by atoms with Crippen molar-refractivity contribution in [2.45, 2.75) is 38.6 Å². The quantitative estimate of drug-likeness (QED) is 0.669. The first-order chi connectivity index (χ1) is 10.3. The van der Waals surface area contributed by atoms with E-state index in [2.05, 4.69) is 16.0 Å². The maximum Gasteiger partial charge on any atom is 0.191 e. The van der Waals surface area contributed by atoms with Crippen molar-refractivity contribution in [1.82, 2.24) is 4.90 Å². The highest BCUT2D eigenvalue weighted by Crippen LogP contribution is 2.30. The lowest BCUT2D eigenvalue weighted by atomic mass is 10.1. The van der Waals surface area contributed by atoms with E-state index in [9.17, 15) is 0 Å². The lowest BCUT2D eigenvalue weighted by molar-refractivity contribution is 0.296. The van der Waals surface area contributed by atoms with Crippen molar-refractivity contribution in [2.24, 2.45) is 16.6 Å². The van der Waals surface area contributed by atoms with Crippen LogP contribution >= 0.6 is 0 Å². The fraction of sp³-hybridized carbons (Fsp3) is 0.588. The molecule has 114 valence electrons. The monoisotopic (exact) mass is 287 g/mol. The number of rotatable bonds is 5. The van der Waals surface area contributed by atoms with Gasteiger partial charge in [-0.2, -0.15) is 0 Å². The Balaban J connectivity index is 1.60. The average Bonchev–Trinajstić information content (AvgIpc) is 3.36.